The third-order valence-electron chi connectivity index (χ3n) is 1.89. The van der Waals surface area contributed by atoms with Crippen molar-refractivity contribution in [2.24, 2.45) is 0 Å². The van der Waals surface area contributed by atoms with E-state index < -0.39 is 11.9 Å². The molecule has 0 aliphatic heterocycles. The van der Waals surface area contributed by atoms with E-state index in [0.29, 0.717) is 23.8 Å². The van der Waals surface area contributed by atoms with Gasteiger partial charge in [0, 0.05) is 21.3 Å². The SMILES string of the molecule is CCOC=O.Fc1ccc(Br)cn1.O=Cc1cc(Br)cnc1F. The van der Waals surface area contributed by atoms with E-state index >= 15 is 0 Å². The second-order valence-corrected chi connectivity index (χ2v) is 5.33. The number of hydrogen-bond donors (Lipinski definition) is 0. The molecule has 0 aliphatic rings. The van der Waals surface area contributed by atoms with Crippen molar-refractivity contribution in [2.75, 3.05) is 6.61 Å². The van der Waals surface area contributed by atoms with Gasteiger partial charge < -0.3 is 4.74 Å². The van der Waals surface area contributed by atoms with E-state index in [0.717, 1.165) is 4.47 Å². The van der Waals surface area contributed by atoms with Gasteiger partial charge in [0.05, 0.1) is 12.2 Å². The zero-order valence-electron chi connectivity index (χ0n) is 11.9. The Bertz CT molecular complexity index is 592. The van der Waals surface area contributed by atoms with Crippen LogP contribution >= 0.6 is 31.9 Å². The highest BCUT2D eigenvalue weighted by Crippen LogP contribution is 2.10. The number of rotatable bonds is 3. The zero-order chi connectivity index (χ0) is 17.7. The van der Waals surface area contributed by atoms with Gasteiger partial charge in [-0.3, -0.25) is 9.59 Å². The molecule has 2 heterocycles. The first-order chi connectivity index (χ1) is 10.9. The minimum Gasteiger partial charge on any atom is -0.468 e. The summed E-state index contributed by atoms with van der Waals surface area (Å²) in [5.41, 5.74) is -0.0330. The molecule has 23 heavy (non-hydrogen) atoms. The highest BCUT2D eigenvalue weighted by Gasteiger charge is 2.00. The van der Waals surface area contributed by atoms with E-state index in [4.69, 9.17) is 0 Å². The summed E-state index contributed by atoms with van der Waals surface area (Å²) in [7, 11) is 0. The quantitative estimate of drug-likeness (QED) is 0.519. The fraction of sp³-hybridized carbons (Fsp3) is 0.143. The number of carbonyl (C=O) groups is 2. The van der Waals surface area contributed by atoms with Gasteiger partial charge in [-0.15, -0.1) is 0 Å². The van der Waals surface area contributed by atoms with E-state index in [1.165, 1.54) is 24.5 Å². The first kappa shape index (κ1) is 21.3. The highest BCUT2D eigenvalue weighted by molar-refractivity contribution is 9.10. The topological polar surface area (TPSA) is 69.2 Å². The van der Waals surface area contributed by atoms with Gasteiger partial charge in [0.2, 0.25) is 11.9 Å². The summed E-state index contributed by atoms with van der Waals surface area (Å²) in [5.74, 6) is -1.19. The molecule has 0 saturated heterocycles. The van der Waals surface area contributed by atoms with Crippen molar-refractivity contribution in [3.05, 3.63) is 57.0 Å². The van der Waals surface area contributed by atoms with E-state index in [1.54, 1.807) is 13.0 Å². The average Bonchev–Trinajstić information content (AvgIpc) is 2.54. The van der Waals surface area contributed by atoms with Crippen molar-refractivity contribution in [3.63, 3.8) is 0 Å². The van der Waals surface area contributed by atoms with Crippen molar-refractivity contribution in [2.45, 2.75) is 6.92 Å². The van der Waals surface area contributed by atoms with Gasteiger partial charge >= 0.3 is 0 Å². The van der Waals surface area contributed by atoms with Crippen LogP contribution in [0.25, 0.3) is 0 Å². The maximum Gasteiger partial charge on any atom is 0.293 e. The minimum atomic E-state index is -0.738. The van der Waals surface area contributed by atoms with Crippen LogP contribution in [0.1, 0.15) is 17.3 Å². The lowest BCUT2D eigenvalue weighted by atomic mass is 10.3. The van der Waals surface area contributed by atoms with Crippen molar-refractivity contribution < 1.29 is 23.1 Å². The van der Waals surface area contributed by atoms with Crippen LogP contribution in [-0.4, -0.2) is 29.3 Å². The summed E-state index contributed by atoms with van der Waals surface area (Å²) in [6, 6.07) is 4.27. The molecule has 2 aromatic rings. The molecule has 0 fully saturated rings. The van der Waals surface area contributed by atoms with Crippen molar-refractivity contribution in [3.8, 4) is 0 Å². The van der Waals surface area contributed by atoms with Gasteiger partial charge in [-0.25, -0.2) is 9.97 Å². The van der Waals surface area contributed by atoms with Crippen LogP contribution in [-0.2, 0) is 9.53 Å². The third-order valence-corrected chi connectivity index (χ3v) is 2.79. The van der Waals surface area contributed by atoms with Crippen LogP contribution in [0.5, 0.6) is 0 Å². The molecule has 0 atom stereocenters. The van der Waals surface area contributed by atoms with Gasteiger partial charge in [-0.2, -0.15) is 8.78 Å². The lowest BCUT2D eigenvalue weighted by Gasteiger charge is -1.91. The van der Waals surface area contributed by atoms with E-state index in [9.17, 15) is 18.4 Å². The minimum absolute atomic E-state index is 0.0330. The number of carbonyl (C=O) groups excluding carboxylic acids is 2. The fourth-order valence-corrected chi connectivity index (χ4v) is 1.53. The van der Waals surface area contributed by atoms with E-state index in [-0.39, 0.29) is 5.56 Å². The summed E-state index contributed by atoms with van der Waals surface area (Å²) in [6.45, 7) is 2.66. The van der Waals surface area contributed by atoms with Crippen LogP contribution in [0.4, 0.5) is 8.78 Å². The molecule has 0 saturated carbocycles. The third kappa shape index (κ3) is 10.6. The zero-order valence-corrected chi connectivity index (χ0v) is 15.1. The standard InChI is InChI=1S/C6H3BrFNO.C5H3BrFN.C3H6O2/c7-5-1-4(3-10)6(8)9-2-5;6-4-1-2-5(7)8-3-4;1-2-5-3-4/h1-3H;1-3H;3H,2H2,1H3. The van der Waals surface area contributed by atoms with E-state index in [1.807, 2.05) is 0 Å². The van der Waals surface area contributed by atoms with Gasteiger partial charge in [0.25, 0.3) is 6.47 Å². The Morgan fingerprint density at radius 2 is 1.78 bits per heavy atom. The van der Waals surface area contributed by atoms with Crippen molar-refractivity contribution in [1.29, 1.82) is 0 Å². The Labute approximate surface area is 148 Å². The molecule has 9 heteroatoms. The average molecular weight is 454 g/mol. The Morgan fingerprint density at radius 1 is 1.13 bits per heavy atom. The summed E-state index contributed by atoms with van der Waals surface area (Å²) >= 11 is 6.17. The molecular formula is C14H12Br2F2N2O3. The van der Waals surface area contributed by atoms with Crippen molar-refractivity contribution >= 4 is 44.6 Å². The van der Waals surface area contributed by atoms with Gasteiger partial charge in [-0.05, 0) is 57.0 Å². The molecule has 0 aliphatic carbocycles. The molecule has 2 aromatic heterocycles. The van der Waals surface area contributed by atoms with E-state index in [2.05, 4.69) is 46.6 Å². The Hall–Kier alpha value is -1.74. The molecule has 124 valence electrons. The molecule has 0 unspecified atom stereocenters. The number of hydrogen-bond acceptors (Lipinski definition) is 5. The molecule has 0 radical (unpaired) electrons. The number of pyridine rings is 2. The lowest BCUT2D eigenvalue weighted by molar-refractivity contribution is -0.128. The Kier molecular flexibility index (Phi) is 11.8. The normalized spacial score (nSPS) is 8.74. The number of aromatic nitrogens is 2. The second kappa shape index (κ2) is 12.8. The molecule has 0 bridgehead atoms. The first-order valence-electron chi connectivity index (χ1n) is 6.03. The number of ether oxygens (including phenoxy) is 1. The summed E-state index contributed by atoms with van der Waals surface area (Å²) in [4.78, 5) is 25.9. The van der Waals surface area contributed by atoms with Crippen LogP contribution < -0.4 is 0 Å². The molecular weight excluding hydrogens is 442 g/mol. The molecule has 2 rings (SSSR count). The highest BCUT2D eigenvalue weighted by atomic mass is 79.9. The summed E-state index contributed by atoms with van der Waals surface area (Å²) in [6.07, 6.45) is 3.13. The summed E-state index contributed by atoms with van der Waals surface area (Å²) in [5, 5.41) is 0. The van der Waals surface area contributed by atoms with Gasteiger partial charge in [-0.1, -0.05) is 0 Å². The molecule has 0 N–H and O–H groups in total. The molecule has 0 aromatic carbocycles. The lowest BCUT2D eigenvalue weighted by Crippen LogP contribution is -1.90. The first-order valence-corrected chi connectivity index (χ1v) is 7.61. The molecule has 5 nitrogen and oxygen atoms in total. The fourth-order valence-electron chi connectivity index (χ4n) is 0.947. The predicted molar refractivity (Wildman–Crippen MR) is 86.9 cm³/mol. The smallest absolute Gasteiger partial charge is 0.293 e. The van der Waals surface area contributed by atoms with Crippen LogP contribution in [0, 0.1) is 11.9 Å². The Morgan fingerprint density at radius 3 is 2.13 bits per heavy atom. The van der Waals surface area contributed by atoms with Crippen LogP contribution in [0.3, 0.4) is 0 Å². The number of aldehydes is 1. The maximum atomic E-state index is 12.4. The maximum absolute atomic E-state index is 12.4. The number of nitrogens with zero attached hydrogens (tertiary/aromatic N) is 2. The molecule has 0 spiro atoms. The summed E-state index contributed by atoms with van der Waals surface area (Å²) < 4.78 is 29.9. The largest absolute Gasteiger partial charge is 0.468 e. The van der Waals surface area contributed by atoms with Crippen molar-refractivity contribution in [1.82, 2.24) is 9.97 Å². The molecule has 0 amide bonds. The Balaban J connectivity index is 0.000000335. The van der Waals surface area contributed by atoms with Crippen LogP contribution in [0.2, 0.25) is 0 Å². The van der Waals surface area contributed by atoms with Gasteiger partial charge in [0.15, 0.2) is 6.29 Å². The number of halogens is 4. The monoisotopic (exact) mass is 452 g/mol. The van der Waals surface area contributed by atoms with Crippen LogP contribution in [0.15, 0.2) is 39.5 Å². The predicted octanol–water partition coefficient (Wildman–Crippen LogP) is 3.96. The van der Waals surface area contributed by atoms with Gasteiger partial charge in [0.1, 0.15) is 0 Å². The second-order valence-electron chi connectivity index (χ2n) is 3.50.